The maximum absolute atomic E-state index is 9.49. The Balaban J connectivity index is 2.32. The Hall–Kier alpha value is -2.07. The first-order valence-corrected chi connectivity index (χ1v) is 5.31. The van der Waals surface area contributed by atoms with E-state index in [-0.39, 0.29) is 5.75 Å². The molecule has 2 heterocycles. The van der Waals surface area contributed by atoms with Crippen LogP contribution in [0.3, 0.4) is 0 Å². The lowest BCUT2D eigenvalue weighted by molar-refractivity contribution is 0.476. The highest BCUT2D eigenvalue weighted by atomic mass is 35.5. The Bertz CT molecular complexity index is 694. The second-order valence-electron chi connectivity index (χ2n) is 3.53. The molecule has 1 N–H and O–H groups in total. The maximum atomic E-state index is 9.49. The van der Waals surface area contributed by atoms with Crippen LogP contribution in [0.5, 0.6) is 5.75 Å². The summed E-state index contributed by atoms with van der Waals surface area (Å²) in [5.41, 5.74) is 1.35. The van der Waals surface area contributed by atoms with E-state index in [2.05, 4.69) is 9.97 Å². The fourth-order valence-corrected chi connectivity index (χ4v) is 1.83. The van der Waals surface area contributed by atoms with Gasteiger partial charge in [-0.1, -0.05) is 0 Å². The van der Waals surface area contributed by atoms with Gasteiger partial charge >= 0.3 is 0 Å². The molecule has 0 bridgehead atoms. The van der Waals surface area contributed by atoms with E-state index in [9.17, 15) is 5.11 Å². The molecule has 5 heteroatoms. The quantitative estimate of drug-likeness (QED) is 0.716. The third kappa shape index (κ3) is 1.72. The number of halogens is 1. The summed E-state index contributed by atoms with van der Waals surface area (Å²) in [6.07, 6.45) is 1.45. The second kappa shape index (κ2) is 3.75. The molecular weight excluding hydrogens is 240 g/mol. The highest BCUT2D eigenvalue weighted by Crippen LogP contribution is 2.30. The molecular formula is C12H7ClN2O2. The number of fused-ring (bicyclic) bond motifs is 1. The first-order chi connectivity index (χ1) is 8.24. The first kappa shape index (κ1) is 10.1. The summed E-state index contributed by atoms with van der Waals surface area (Å²) in [6.45, 7) is 0. The van der Waals surface area contributed by atoms with Crippen LogP contribution < -0.4 is 0 Å². The van der Waals surface area contributed by atoms with Crippen LogP contribution in [0.15, 0.2) is 41.1 Å². The van der Waals surface area contributed by atoms with Crippen LogP contribution in [-0.2, 0) is 0 Å². The van der Waals surface area contributed by atoms with Crippen molar-refractivity contribution in [1.29, 1.82) is 0 Å². The minimum absolute atomic E-state index is 0.159. The van der Waals surface area contributed by atoms with Crippen LogP contribution in [0.2, 0.25) is 5.22 Å². The highest BCUT2D eigenvalue weighted by Gasteiger charge is 2.10. The van der Waals surface area contributed by atoms with E-state index in [0.29, 0.717) is 16.7 Å². The maximum Gasteiger partial charge on any atom is 0.194 e. The van der Waals surface area contributed by atoms with Gasteiger partial charge in [-0.2, -0.15) is 0 Å². The third-order valence-electron chi connectivity index (χ3n) is 2.43. The number of rotatable bonds is 1. The largest absolute Gasteiger partial charge is 0.508 e. The van der Waals surface area contributed by atoms with Crippen molar-refractivity contribution in [1.82, 2.24) is 9.97 Å². The molecule has 0 unspecified atom stereocenters. The molecule has 0 fully saturated rings. The Morgan fingerprint density at radius 3 is 2.76 bits per heavy atom. The number of phenols is 1. The van der Waals surface area contributed by atoms with Crippen molar-refractivity contribution in [2.24, 2.45) is 0 Å². The van der Waals surface area contributed by atoms with Gasteiger partial charge in [-0.15, -0.1) is 0 Å². The molecule has 4 nitrogen and oxygen atoms in total. The van der Waals surface area contributed by atoms with E-state index in [1.54, 1.807) is 30.3 Å². The second-order valence-corrected chi connectivity index (χ2v) is 3.90. The van der Waals surface area contributed by atoms with Gasteiger partial charge < -0.3 is 9.52 Å². The molecule has 0 saturated carbocycles. The summed E-state index contributed by atoms with van der Waals surface area (Å²) in [4.78, 5) is 8.28. The first-order valence-electron chi connectivity index (χ1n) is 4.93. The number of furan rings is 1. The average Bonchev–Trinajstić information content (AvgIpc) is 2.75. The number of hydrogen-bond acceptors (Lipinski definition) is 4. The van der Waals surface area contributed by atoms with E-state index in [1.165, 1.54) is 6.33 Å². The van der Waals surface area contributed by atoms with Crippen molar-refractivity contribution in [2.75, 3.05) is 0 Å². The Morgan fingerprint density at radius 1 is 1.12 bits per heavy atom. The van der Waals surface area contributed by atoms with Gasteiger partial charge in [0.1, 0.15) is 17.8 Å². The van der Waals surface area contributed by atoms with Gasteiger partial charge in [0, 0.05) is 5.39 Å². The lowest BCUT2D eigenvalue weighted by Crippen LogP contribution is -1.87. The minimum atomic E-state index is 0.159. The van der Waals surface area contributed by atoms with E-state index in [0.717, 1.165) is 10.9 Å². The van der Waals surface area contributed by atoms with Gasteiger partial charge in [0.05, 0.1) is 5.52 Å². The zero-order valence-corrected chi connectivity index (χ0v) is 9.35. The number of phenolic OH excluding ortho intramolecular Hbond substituents is 1. The van der Waals surface area contributed by atoms with Crippen molar-refractivity contribution < 1.29 is 9.52 Å². The molecule has 0 amide bonds. The number of benzene rings is 1. The molecule has 0 saturated heterocycles. The fourth-order valence-electron chi connectivity index (χ4n) is 1.68. The fraction of sp³-hybridized carbons (Fsp3) is 0. The molecule has 0 aliphatic rings. The van der Waals surface area contributed by atoms with Crippen molar-refractivity contribution in [2.45, 2.75) is 0 Å². The lowest BCUT2D eigenvalue weighted by Gasteiger charge is -2.02. The number of aromatic nitrogens is 2. The number of aromatic hydroxyl groups is 1. The van der Waals surface area contributed by atoms with Crippen LogP contribution in [0.1, 0.15) is 0 Å². The number of nitrogens with zero attached hydrogens (tertiary/aromatic N) is 2. The van der Waals surface area contributed by atoms with Gasteiger partial charge in [-0.25, -0.2) is 9.97 Å². The van der Waals surface area contributed by atoms with Crippen LogP contribution in [0.4, 0.5) is 0 Å². The molecule has 17 heavy (non-hydrogen) atoms. The molecule has 0 aliphatic heterocycles. The van der Waals surface area contributed by atoms with Crippen LogP contribution in [-0.4, -0.2) is 15.1 Å². The van der Waals surface area contributed by atoms with Crippen LogP contribution in [0.25, 0.3) is 22.4 Å². The van der Waals surface area contributed by atoms with Crippen LogP contribution in [0, 0.1) is 0 Å². The van der Waals surface area contributed by atoms with E-state index in [1.807, 2.05) is 0 Å². The Morgan fingerprint density at radius 2 is 2.00 bits per heavy atom. The average molecular weight is 247 g/mol. The van der Waals surface area contributed by atoms with Crippen molar-refractivity contribution in [3.05, 3.63) is 41.9 Å². The van der Waals surface area contributed by atoms with Gasteiger partial charge in [0.2, 0.25) is 0 Å². The summed E-state index contributed by atoms with van der Waals surface area (Å²) >= 11 is 5.73. The van der Waals surface area contributed by atoms with Gasteiger partial charge in [0.25, 0.3) is 0 Å². The molecule has 0 aliphatic carbocycles. The number of hydrogen-bond donors (Lipinski definition) is 1. The summed E-state index contributed by atoms with van der Waals surface area (Å²) in [5.74, 6) is 0.708. The molecule has 84 valence electrons. The summed E-state index contributed by atoms with van der Waals surface area (Å²) < 4.78 is 5.31. The van der Waals surface area contributed by atoms with Gasteiger partial charge in [-0.3, -0.25) is 0 Å². The molecule has 3 aromatic rings. The minimum Gasteiger partial charge on any atom is -0.508 e. The topological polar surface area (TPSA) is 59.2 Å². The van der Waals surface area contributed by atoms with Crippen molar-refractivity contribution in [3.8, 4) is 17.2 Å². The predicted octanol–water partition coefficient (Wildman–Crippen LogP) is 3.25. The van der Waals surface area contributed by atoms with Crippen molar-refractivity contribution >= 4 is 22.5 Å². The van der Waals surface area contributed by atoms with Gasteiger partial charge in [0.15, 0.2) is 11.0 Å². The Kier molecular flexibility index (Phi) is 2.23. The normalized spacial score (nSPS) is 10.9. The zero-order chi connectivity index (χ0) is 11.8. The molecule has 2 aromatic heterocycles. The van der Waals surface area contributed by atoms with E-state index >= 15 is 0 Å². The summed E-state index contributed by atoms with van der Waals surface area (Å²) in [6, 6.07) is 8.28. The van der Waals surface area contributed by atoms with Crippen molar-refractivity contribution in [3.63, 3.8) is 0 Å². The molecule has 0 atom stereocenters. The molecule has 0 spiro atoms. The zero-order valence-electron chi connectivity index (χ0n) is 8.59. The van der Waals surface area contributed by atoms with E-state index < -0.39 is 0 Å². The lowest BCUT2D eigenvalue weighted by atomic mass is 10.1. The van der Waals surface area contributed by atoms with E-state index in [4.69, 9.17) is 16.0 Å². The highest BCUT2D eigenvalue weighted by molar-refractivity contribution is 6.29. The Labute approximate surface area is 102 Å². The summed E-state index contributed by atoms with van der Waals surface area (Å²) in [5, 5.41) is 10.5. The van der Waals surface area contributed by atoms with Gasteiger partial charge in [-0.05, 0) is 41.9 Å². The summed E-state index contributed by atoms with van der Waals surface area (Å²) in [7, 11) is 0. The van der Waals surface area contributed by atoms with Crippen LogP contribution >= 0.6 is 11.6 Å². The predicted molar refractivity (Wildman–Crippen MR) is 63.9 cm³/mol. The standard InChI is InChI=1S/C12H7ClN2O2/c13-11-4-3-10(17-11)12-8-5-7(16)1-2-9(8)14-6-15-12/h1-6,16H. The SMILES string of the molecule is Oc1ccc2ncnc(-c3ccc(Cl)o3)c2c1. The smallest absolute Gasteiger partial charge is 0.194 e. The molecule has 1 aromatic carbocycles. The molecule has 3 rings (SSSR count). The third-order valence-corrected chi connectivity index (χ3v) is 2.63. The monoisotopic (exact) mass is 246 g/mol. The molecule has 0 radical (unpaired) electrons.